The Morgan fingerprint density at radius 2 is 1.82 bits per heavy atom. The largest absolute Gasteiger partial charge is 0.507 e. The van der Waals surface area contributed by atoms with Crippen molar-refractivity contribution in [3.05, 3.63) is 82.9 Å². The van der Waals surface area contributed by atoms with Gasteiger partial charge in [0.25, 0.3) is 5.78 Å². The van der Waals surface area contributed by atoms with Gasteiger partial charge in [0.05, 0.1) is 28.4 Å². The molecule has 38 heavy (non-hydrogen) atoms. The lowest BCUT2D eigenvalue weighted by Crippen LogP contribution is -2.29. The molecule has 1 amide bonds. The SMILES string of the molecule is CCOc1ccc2nc(N3C(=O)C(=O)/C(=C(/O)c4ccc5c(c4)OCCO5)[C@@H]3c3ccc(C)cc3)sc2c1. The number of ether oxygens (including phenoxy) is 3. The van der Waals surface area contributed by atoms with Crippen molar-refractivity contribution in [3.8, 4) is 17.2 Å². The second-order valence-corrected chi connectivity index (χ2v) is 10.0. The predicted molar refractivity (Wildman–Crippen MR) is 144 cm³/mol. The van der Waals surface area contributed by atoms with Gasteiger partial charge in [-0.3, -0.25) is 14.5 Å². The molecule has 8 nitrogen and oxygen atoms in total. The van der Waals surface area contributed by atoms with Crippen molar-refractivity contribution >= 4 is 44.1 Å². The number of Topliss-reactive ketones (excluding diaryl/α,β-unsaturated/α-hetero) is 1. The van der Waals surface area contributed by atoms with Gasteiger partial charge in [-0.1, -0.05) is 41.2 Å². The Bertz CT molecular complexity index is 1610. The molecule has 1 fully saturated rings. The van der Waals surface area contributed by atoms with Crippen LogP contribution < -0.4 is 19.1 Å². The van der Waals surface area contributed by atoms with Gasteiger partial charge in [0.15, 0.2) is 16.6 Å². The highest BCUT2D eigenvalue weighted by Crippen LogP contribution is 2.45. The zero-order valence-corrected chi connectivity index (χ0v) is 21.6. The van der Waals surface area contributed by atoms with E-state index < -0.39 is 17.7 Å². The number of amides is 1. The number of hydrogen-bond donors (Lipinski definition) is 1. The molecule has 0 radical (unpaired) electrons. The van der Waals surface area contributed by atoms with E-state index in [4.69, 9.17) is 14.2 Å². The van der Waals surface area contributed by atoms with Gasteiger partial charge >= 0.3 is 5.91 Å². The first kappa shape index (κ1) is 24.0. The molecule has 1 aromatic heterocycles. The maximum atomic E-state index is 13.5. The molecule has 2 aliphatic heterocycles. The summed E-state index contributed by atoms with van der Waals surface area (Å²) in [5, 5.41) is 11.8. The molecule has 6 rings (SSSR count). The summed E-state index contributed by atoms with van der Waals surface area (Å²) in [5.74, 6) is -0.0861. The van der Waals surface area contributed by atoms with Crippen molar-refractivity contribution in [2.24, 2.45) is 0 Å². The zero-order chi connectivity index (χ0) is 26.4. The second-order valence-electron chi connectivity index (χ2n) is 9.00. The van der Waals surface area contributed by atoms with E-state index in [1.54, 1.807) is 18.2 Å². The number of benzene rings is 3. The number of anilines is 1. The number of carbonyl (C=O) groups excluding carboxylic acids is 2. The maximum absolute atomic E-state index is 13.5. The summed E-state index contributed by atoms with van der Waals surface area (Å²) in [4.78, 5) is 33.0. The van der Waals surface area contributed by atoms with Crippen LogP contribution in [0.25, 0.3) is 16.0 Å². The Labute approximate surface area is 222 Å². The second kappa shape index (κ2) is 9.50. The third-order valence-electron chi connectivity index (χ3n) is 6.52. The number of rotatable bonds is 5. The number of hydrogen-bond acceptors (Lipinski definition) is 8. The molecular formula is C29H24N2O6S. The molecule has 2 aliphatic rings. The first-order chi connectivity index (χ1) is 18.4. The van der Waals surface area contributed by atoms with E-state index in [-0.39, 0.29) is 11.3 Å². The summed E-state index contributed by atoms with van der Waals surface area (Å²) in [7, 11) is 0. The van der Waals surface area contributed by atoms with Gasteiger partial charge in [0.2, 0.25) is 0 Å². The number of aliphatic hydroxyl groups is 1. The van der Waals surface area contributed by atoms with Gasteiger partial charge < -0.3 is 19.3 Å². The third-order valence-corrected chi connectivity index (χ3v) is 7.54. The van der Waals surface area contributed by atoms with Gasteiger partial charge in [-0.25, -0.2) is 4.98 Å². The van der Waals surface area contributed by atoms with Gasteiger partial charge in [0.1, 0.15) is 24.7 Å². The van der Waals surface area contributed by atoms with E-state index >= 15 is 0 Å². The van der Waals surface area contributed by atoms with Crippen molar-refractivity contribution in [1.82, 2.24) is 4.98 Å². The van der Waals surface area contributed by atoms with Crippen molar-refractivity contribution in [1.29, 1.82) is 0 Å². The molecule has 9 heteroatoms. The average Bonchev–Trinajstić information content (AvgIpc) is 3.46. The fourth-order valence-electron chi connectivity index (χ4n) is 4.69. The van der Waals surface area contributed by atoms with Crippen LogP contribution >= 0.6 is 11.3 Å². The van der Waals surface area contributed by atoms with E-state index in [1.807, 2.05) is 56.3 Å². The minimum atomic E-state index is -0.865. The molecule has 1 atom stereocenters. The average molecular weight is 529 g/mol. The van der Waals surface area contributed by atoms with Crippen LogP contribution in [-0.2, 0) is 9.59 Å². The fourth-order valence-corrected chi connectivity index (χ4v) is 5.71. The summed E-state index contributed by atoms with van der Waals surface area (Å²) in [6.45, 7) is 5.21. The number of fused-ring (bicyclic) bond motifs is 2. The number of aromatic nitrogens is 1. The molecule has 0 bridgehead atoms. The number of aliphatic hydroxyl groups excluding tert-OH is 1. The Balaban J connectivity index is 1.51. The molecule has 3 aromatic carbocycles. The summed E-state index contributed by atoms with van der Waals surface area (Å²) in [6, 6.07) is 17.1. The molecule has 4 aromatic rings. The number of nitrogens with zero attached hydrogens (tertiary/aromatic N) is 2. The first-order valence-corrected chi connectivity index (χ1v) is 13.1. The molecule has 1 N–H and O–H groups in total. The monoisotopic (exact) mass is 528 g/mol. The Kier molecular flexibility index (Phi) is 6.00. The van der Waals surface area contributed by atoms with Crippen molar-refractivity contribution < 1.29 is 28.9 Å². The summed E-state index contributed by atoms with van der Waals surface area (Å²) < 4.78 is 17.7. The molecule has 0 unspecified atom stereocenters. The van der Waals surface area contributed by atoms with Crippen LogP contribution in [0, 0.1) is 6.92 Å². The predicted octanol–water partition coefficient (Wildman–Crippen LogP) is 5.40. The third kappa shape index (κ3) is 4.05. The Morgan fingerprint density at radius 3 is 2.58 bits per heavy atom. The van der Waals surface area contributed by atoms with Gasteiger partial charge in [0, 0.05) is 5.56 Å². The van der Waals surface area contributed by atoms with Crippen molar-refractivity contribution in [2.45, 2.75) is 19.9 Å². The first-order valence-electron chi connectivity index (χ1n) is 12.3. The van der Waals surface area contributed by atoms with Crippen LogP contribution in [0.15, 0.2) is 66.2 Å². The quantitative estimate of drug-likeness (QED) is 0.210. The number of ketones is 1. The molecule has 192 valence electrons. The molecule has 3 heterocycles. The smallest absolute Gasteiger partial charge is 0.301 e. The summed E-state index contributed by atoms with van der Waals surface area (Å²) in [6.07, 6.45) is 0. The standard InChI is InChI=1S/C29H24N2O6S/c1-3-35-19-9-10-20-23(15-19)38-29(30-20)31-25(17-6-4-16(2)5-7-17)24(27(33)28(31)34)26(32)18-8-11-21-22(14-18)37-13-12-36-21/h4-11,14-15,25,32H,3,12-13H2,1-2H3/b26-24+/t25-/m0/s1. The van der Waals surface area contributed by atoms with E-state index in [1.165, 1.54) is 16.2 Å². The number of aryl methyl sites for hydroxylation is 1. The lowest BCUT2D eigenvalue weighted by atomic mass is 9.94. The van der Waals surface area contributed by atoms with Crippen LogP contribution in [0.4, 0.5) is 5.13 Å². The van der Waals surface area contributed by atoms with E-state index in [2.05, 4.69) is 4.98 Å². The van der Waals surface area contributed by atoms with Crippen molar-refractivity contribution in [3.63, 3.8) is 0 Å². The van der Waals surface area contributed by atoms with Gasteiger partial charge in [-0.2, -0.15) is 0 Å². The highest BCUT2D eigenvalue weighted by atomic mass is 32.1. The van der Waals surface area contributed by atoms with Gasteiger partial charge in [-0.05, 0) is 55.8 Å². The topological polar surface area (TPSA) is 98.2 Å². The van der Waals surface area contributed by atoms with Crippen LogP contribution in [0.1, 0.15) is 29.7 Å². The van der Waals surface area contributed by atoms with Crippen LogP contribution in [-0.4, -0.2) is 41.6 Å². The summed E-state index contributed by atoms with van der Waals surface area (Å²) in [5.41, 5.74) is 2.74. The van der Waals surface area contributed by atoms with E-state index in [0.717, 1.165) is 10.3 Å². The maximum Gasteiger partial charge on any atom is 0.301 e. The van der Waals surface area contributed by atoms with E-state index in [9.17, 15) is 14.7 Å². The van der Waals surface area contributed by atoms with E-state index in [0.29, 0.717) is 58.8 Å². The fraction of sp³-hybridized carbons (Fsp3) is 0.207. The van der Waals surface area contributed by atoms with Crippen molar-refractivity contribution in [2.75, 3.05) is 24.7 Å². The lowest BCUT2D eigenvalue weighted by molar-refractivity contribution is -0.132. The highest BCUT2D eigenvalue weighted by molar-refractivity contribution is 7.22. The summed E-state index contributed by atoms with van der Waals surface area (Å²) >= 11 is 1.29. The number of carbonyl (C=O) groups is 2. The van der Waals surface area contributed by atoms with Gasteiger partial charge in [-0.15, -0.1) is 0 Å². The zero-order valence-electron chi connectivity index (χ0n) is 20.8. The Hall–Kier alpha value is -4.37. The molecule has 0 saturated carbocycles. The molecule has 0 aliphatic carbocycles. The molecule has 1 saturated heterocycles. The minimum Gasteiger partial charge on any atom is -0.507 e. The normalized spacial score (nSPS) is 18.3. The molecular weight excluding hydrogens is 504 g/mol. The van der Waals surface area contributed by atoms with Crippen LogP contribution in [0.5, 0.6) is 17.2 Å². The molecule has 0 spiro atoms. The lowest BCUT2D eigenvalue weighted by Gasteiger charge is -2.23. The highest BCUT2D eigenvalue weighted by Gasteiger charge is 2.48. The van der Waals surface area contributed by atoms with Crippen LogP contribution in [0.3, 0.4) is 0 Å². The minimum absolute atomic E-state index is 0.00945. The number of thiazole rings is 1. The van der Waals surface area contributed by atoms with Crippen LogP contribution in [0.2, 0.25) is 0 Å². The Morgan fingerprint density at radius 1 is 1.05 bits per heavy atom.